The number of ether oxygens (including phenoxy) is 1. The first-order valence-electron chi connectivity index (χ1n) is 14.3. The Bertz CT molecular complexity index is 1320. The summed E-state index contributed by atoms with van der Waals surface area (Å²) < 4.78 is 6.24. The van der Waals surface area contributed by atoms with Crippen LogP contribution in [-0.4, -0.2) is 66.2 Å². The number of carbonyl (C=O) groups is 1. The smallest absolute Gasteiger partial charge is 0.254 e. The van der Waals surface area contributed by atoms with E-state index in [0.717, 1.165) is 60.8 Å². The molecule has 5 rings (SSSR count). The van der Waals surface area contributed by atoms with Gasteiger partial charge in [0.2, 0.25) is 0 Å². The van der Waals surface area contributed by atoms with Gasteiger partial charge < -0.3 is 14.7 Å². The molecule has 0 bridgehead atoms. The summed E-state index contributed by atoms with van der Waals surface area (Å²) in [4.78, 5) is 18.8. The number of phenols is 1. The van der Waals surface area contributed by atoms with Crippen LogP contribution in [0.4, 0.5) is 0 Å². The summed E-state index contributed by atoms with van der Waals surface area (Å²) in [7, 11) is 1.81. The maximum Gasteiger partial charge on any atom is 0.254 e. The second-order valence-electron chi connectivity index (χ2n) is 11.9. The molecule has 0 radical (unpaired) electrons. The van der Waals surface area contributed by atoms with Crippen molar-refractivity contribution in [3.05, 3.63) is 90.5 Å². The van der Waals surface area contributed by atoms with Crippen molar-refractivity contribution in [2.75, 3.05) is 33.3 Å². The van der Waals surface area contributed by atoms with Gasteiger partial charge in [0.05, 0.1) is 6.10 Å². The van der Waals surface area contributed by atoms with Crippen LogP contribution < -0.4 is 0 Å². The van der Waals surface area contributed by atoms with E-state index in [4.69, 9.17) is 4.74 Å². The van der Waals surface area contributed by atoms with Gasteiger partial charge in [-0.25, -0.2) is 0 Å². The largest absolute Gasteiger partial charge is 0.508 e. The lowest BCUT2D eigenvalue weighted by atomic mass is 9.56. The van der Waals surface area contributed by atoms with E-state index in [0.29, 0.717) is 12.5 Å². The maximum absolute atomic E-state index is 14.2. The fourth-order valence-electron chi connectivity index (χ4n) is 7.17. The Morgan fingerprint density at radius 3 is 2.67 bits per heavy atom. The topological polar surface area (TPSA) is 53.0 Å². The summed E-state index contributed by atoms with van der Waals surface area (Å²) in [6.45, 7) is 11.7. The summed E-state index contributed by atoms with van der Waals surface area (Å²) in [6.07, 6.45) is 4.58. The molecule has 1 saturated heterocycles. The molecule has 1 heterocycles. The summed E-state index contributed by atoms with van der Waals surface area (Å²) in [5, 5.41) is 12.7. The van der Waals surface area contributed by atoms with Gasteiger partial charge >= 0.3 is 0 Å². The summed E-state index contributed by atoms with van der Waals surface area (Å²) in [6, 6.07) is 22.1. The molecule has 1 unspecified atom stereocenters. The standard InChI is InChI=1S/C34H42N2O3/c1-5-16-35-17-15-34(28-11-8-12-30(37)19-28)21-29(20-32(39-4)31(34)23-35)36(22-24(2)3)33(38)27-14-13-25-9-6-7-10-26(25)18-27/h5-14,18-19,24,29,31-32,37H,1,15-17,20-23H2,2-4H3/t29-,31-,32?,34-/m0/s1. The highest BCUT2D eigenvalue weighted by Gasteiger charge is 2.53. The molecule has 4 atom stereocenters. The third kappa shape index (κ3) is 5.48. The molecule has 3 aromatic rings. The molecule has 3 aromatic carbocycles. The van der Waals surface area contributed by atoms with Gasteiger partial charge in [-0.2, -0.15) is 0 Å². The number of benzene rings is 3. The van der Waals surface area contributed by atoms with E-state index in [2.05, 4.69) is 54.5 Å². The first-order valence-corrected chi connectivity index (χ1v) is 14.3. The molecule has 5 nitrogen and oxygen atoms in total. The van der Waals surface area contributed by atoms with Gasteiger partial charge in [0, 0.05) is 49.7 Å². The zero-order valence-electron chi connectivity index (χ0n) is 23.6. The van der Waals surface area contributed by atoms with Crippen molar-refractivity contribution in [1.82, 2.24) is 9.80 Å². The quantitative estimate of drug-likeness (QED) is 0.352. The number of carbonyl (C=O) groups excluding carboxylic acids is 1. The number of aromatic hydroxyl groups is 1. The number of piperidine rings is 1. The van der Waals surface area contributed by atoms with E-state index >= 15 is 0 Å². The Kier molecular flexibility index (Phi) is 8.11. The highest BCUT2D eigenvalue weighted by molar-refractivity contribution is 5.98. The van der Waals surface area contributed by atoms with Gasteiger partial charge in [0.1, 0.15) is 5.75 Å². The van der Waals surface area contributed by atoms with Crippen LogP contribution >= 0.6 is 0 Å². The molecule has 1 aliphatic carbocycles. The van der Waals surface area contributed by atoms with Crippen molar-refractivity contribution < 1.29 is 14.6 Å². The van der Waals surface area contributed by atoms with E-state index in [1.165, 1.54) is 0 Å². The molecule has 1 N–H and O–H groups in total. The molecule has 0 aromatic heterocycles. The lowest BCUT2D eigenvalue weighted by Gasteiger charge is -2.57. The number of fused-ring (bicyclic) bond motifs is 2. The van der Waals surface area contributed by atoms with Crippen molar-refractivity contribution >= 4 is 16.7 Å². The zero-order chi connectivity index (χ0) is 27.6. The number of phenolic OH excluding ortho intramolecular Hbond substituents is 1. The summed E-state index contributed by atoms with van der Waals surface area (Å²) in [5.41, 5.74) is 1.69. The minimum absolute atomic E-state index is 0.00206. The van der Waals surface area contributed by atoms with E-state index < -0.39 is 0 Å². The number of amides is 1. The number of nitrogens with zero attached hydrogens (tertiary/aromatic N) is 2. The maximum atomic E-state index is 14.2. The Labute approximate surface area is 233 Å². The van der Waals surface area contributed by atoms with E-state index in [9.17, 15) is 9.90 Å². The van der Waals surface area contributed by atoms with Crippen LogP contribution in [0.25, 0.3) is 10.8 Å². The number of rotatable bonds is 8. The predicted octanol–water partition coefficient (Wildman–Crippen LogP) is 6.27. The van der Waals surface area contributed by atoms with Crippen molar-refractivity contribution in [1.29, 1.82) is 0 Å². The van der Waals surface area contributed by atoms with E-state index in [1.54, 1.807) is 6.07 Å². The molecule has 0 spiro atoms. The Balaban J connectivity index is 1.55. The highest BCUT2D eigenvalue weighted by Crippen LogP contribution is 2.51. The third-order valence-electron chi connectivity index (χ3n) is 8.96. The van der Waals surface area contributed by atoms with Gasteiger partial charge in [-0.15, -0.1) is 6.58 Å². The molecular weight excluding hydrogens is 484 g/mol. The average Bonchev–Trinajstić information content (AvgIpc) is 2.95. The van der Waals surface area contributed by atoms with Crippen molar-refractivity contribution in [2.24, 2.45) is 11.8 Å². The second kappa shape index (κ2) is 11.5. The van der Waals surface area contributed by atoms with E-state index in [1.807, 2.05) is 49.6 Å². The molecule has 2 aliphatic rings. The minimum atomic E-state index is -0.196. The van der Waals surface area contributed by atoms with Crippen LogP contribution in [0.1, 0.15) is 49.0 Å². The molecular formula is C34H42N2O3. The molecule has 206 valence electrons. The monoisotopic (exact) mass is 526 g/mol. The zero-order valence-corrected chi connectivity index (χ0v) is 23.6. The van der Waals surface area contributed by atoms with Crippen LogP contribution in [0.3, 0.4) is 0 Å². The average molecular weight is 527 g/mol. The lowest BCUT2D eigenvalue weighted by Crippen LogP contribution is -2.62. The van der Waals surface area contributed by atoms with Crippen LogP contribution in [0, 0.1) is 11.8 Å². The van der Waals surface area contributed by atoms with Crippen LogP contribution in [0.5, 0.6) is 5.75 Å². The van der Waals surface area contributed by atoms with Gasteiger partial charge in [0.15, 0.2) is 0 Å². The Morgan fingerprint density at radius 2 is 1.95 bits per heavy atom. The van der Waals surface area contributed by atoms with Gasteiger partial charge in [-0.3, -0.25) is 9.69 Å². The summed E-state index contributed by atoms with van der Waals surface area (Å²) in [5.74, 6) is 0.963. The van der Waals surface area contributed by atoms with Crippen LogP contribution in [0.15, 0.2) is 79.4 Å². The molecule has 1 amide bonds. The Hall–Kier alpha value is -3.15. The third-order valence-corrected chi connectivity index (χ3v) is 8.96. The number of methoxy groups -OCH3 is 1. The second-order valence-corrected chi connectivity index (χ2v) is 11.9. The van der Waals surface area contributed by atoms with Crippen LogP contribution in [0.2, 0.25) is 0 Å². The van der Waals surface area contributed by atoms with Gasteiger partial charge in [0.25, 0.3) is 5.91 Å². The predicted molar refractivity (Wildman–Crippen MR) is 158 cm³/mol. The fourth-order valence-corrected chi connectivity index (χ4v) is 7.17. The fraction of sp³-hybridized carbons (Fsp3) is 0.441. The van der Waals surface area contributed by atoms with Crippen LogP contribution in [-0.2, 0) is 10.2 Å². The van der Waals surface area contributed by atoms with Gasteiger partial charge in [-0.1, -0.05) is 62.4 Å². The highest BCUT2D eigenvalue weighted by atomic mass is 16.5. The lowest BCUT2D eigenvalue weighted by molar-refractivity contribution is -0.0804. The number of hydrogen-bond donors (Lipinski definition) is 1. The number of likely N-dealkylation sites (tertiary alicyclic amines) is 1. The first kappa shape index (κ1) is 27.4. The first-order chi connectivity index (χ1) is 18.8. The molecule has 39 heavy (non-hydrogen) atoms. The summed E-state index contributed by atoms with van der Waals surface area (Å²) >= 11 is 0. The molecule has 1 saturated carbocycles. The van der Waals surface area contributed by atoms with Crippen molar-refractivity contribution in [3.8, 4) is 5.75 Å². The molecule has 1 aliphatic heterocycles. The Morgan fingerprint density at radius 1 is 1.15 bits per heavy atom. The van der Waals surface area contributed by atoms with Gasteiger partial charge in [-0.05, 0) is 72.3 Å². The normalized spacial score (nSPS) is 25.4. The molecule has 2 fully saturated rings. The van der Waals surface area contributed by atoms with Crippen molar-refractivity contribution in [3.63, 3.8) is 0 Å². The van der Waals surface area contributed by atoms with Crippen molar-refractivity contribution in [2.45, 2.75) is 50.7 Å². The minimum Gasteiger partial charge on any atom is -0.508 e. The SMILES string of the molecule is C=CCN1CC[C@@]2(c3cccc(O)c3)C[C@@H](N(CC(C)C)C(=O)c3ccc4ccccc4c3)CC(OC)[C@@H]2C1. The molecule has 5 heteroatoms. The number of hydrogen-bond acceptors (Lipinski definition) is 4. The van der Waals surface area contributed by atoms with E-state index in [-0.39, 0.29) is 35.1 Å².